The van der Waals surface area contributed by atoms with Crippen LogP contribution in [0.15, 0.2) is 29.2 Å². The van der Waals surface area contributed by atoms with Gasteiger partial charge in [-0.05, 0) is 25.5 Å². The number of carbonyl (C=O) groups excluding carboxylic acids is 1. The first-order valence-electron chi connectivity index (χ1n) is 6.96. The van der Waals surface area contributed by atoms with Crippen molar-refractivity contribution in [2.75, 3.05) is 0 Å². The van der Waals surface area contributed by atoms with E-state index in [9.17, 15) is 39.6 Å². The molecule has 0 bridgehead atoms. The van der Waals surface area contributed by atoms with Crippen molar-refractivity contribution in [2.24, 2.45) is 0 Å². The molecule has 0 radical (unpaired) electrons. The molecule has 0 unspecified atom stereocenters. The fourth-order valence-corrected chi connectivity index (χ4v) is 2.75. The first-order chi connectivity index (χ1) is 11.7. The quantitative estimate of drug-likeness (QED) is 0.518. The predicted molar refractivity (Wildman–Crippen MR) is 78.3 cm³/mol. The van der Waals surface area contributed by atoms with Gasteiger partial charge >= 0.3 is 18.4 Å². The predicted octanol–water partition coefficient (Wildman–Crippen LogP) is 2.76. The third-order valence-corrected chi connectivity index (χ3v) is 4.72. The number of benzene rings is 1. The lowest BCUT2D eigenvalue weighted by Crippen LogP contribution is -2.69. The van der Waals surface area contributed by atoms with Crippen LogP contribution in [0.4, 0.5) is 31.1 Å². The SMILES string of the molecule is CCC(NC(=O)NNS(=O)(=O)c1ccc(C)cc1)(C(F)(F)F)C(F)(F)F. The standard InChI is InChI=1S/C13H15F6N3O3S/c1-3-11(12(14,15)16,13(17,18)19)20-10(23)21-22-26(24,25)9-6-4-8(2)5-7-9/h4-7,22H,3H2,1-2H3,(H2,20,21,23). The molecule has 26 heavy (non-hydrogen) atoms. The zero-order chi connectivity index (χ0) is 20.4. The Labute approximate surface area is 145 Å². The Morgan fingerprint density at radius 1 is 1.00 bits per heavy atom. The molecule has 1 aromatic carbocycles. The zero-order valence-electron chi connectivity index (χ0n) is 13.4. The second-order valence-electron chi connectivity index (χ2n) is 5.25. The highest BCUT2D eigenvalue weighted by Gasteiger charge is 2.70. The number of sulfonamides is 1. The molecule has 0 saturated carbocycles. The molecule has 0 heterocycles. The maximum absolute atomic E-state index is 12.9. The third-order valence-electron chi connectivity index (χ3n) is 3.46. The van der Waals surface area contributed by atoms with Crippen molar-refractivity contribution in [1.82, 2.24) is 15.6 Å². The van der Waals surface area contributed by atoms with Gasteiger partial charge < -0.3 is 5.32 Å². The molecule has 2 amide bonds. The molecule has 0 aromatic heterocycles. The summed E-state index contributed by atoms with van der Waals surface area (Å²) in [4.78, 5) is 12.6. The van der Waals surface area contributed by atoms with Gasteiger partial charge in [0.2, 0.25) is 5.54 Å². The number of alkyl halides is 6. The van der Waals surface area contributed by atoms with Crippen LogP contribution >= 0.6 is 0 Å². The first kappa shape index (κ1) is 22.0. The summed E-state index contributed by atoms with van der Waals surface area (Å²) in [6.45, 7) is 2.24. The van der Waals surface area contributed by atoms with E-state index in [4.69, 9.17) is 0 Å². The minimum Gasteiger partial charge on any atom is -0.315 e. The molecular weight excluding hydrogens is 392 g/mol. The van der Waals surface area contributed by atoms with Crippen LogP contribution in [-0.2, 0) is 10.0 Å². The summed E-state index contributed by atoms with van der Waals surface area (Å²) in [5.41, 5.74) is -2.54. The van der Waals surface area contributed by atoms with Gasteiger partial charge in [0.1, 0.15) is 0 Å². The van der Waals surface area contributed by atoms with Gasteiger partial charge in [0.15, 0.2) is 0 Å². The van der Waals surface area contributed by atoms with Gasteiger partial charge in [0, 0.05) is 0 Å². The Kier molecular flexibility index (Phi) is 6.19. The van der Waals surface area contributed by atoms with Crippen molar-refractivity contribution in [3.63, 3.8) is 0 Å². The van der Waals surface area contributed by atoms with Crippen LogP contribution in [0.2, 0.25) is 0 Å². The van der Waals surface area contributed by atoms with E-state index in [-0.39, 0.29) is 4.90 Å². The number of urea groups is 1. The lowest BCUT2D eigenvalue weighted by molar-refractivity contribution is -0.304. The lowest BCUT2D eigenvalue weighted by atomic mass is 9.94. The molecule has 6 nitrogen and oxygen atoms in total. The normalized spacial score (nSPS) is 13.4. The maximum Gasteiger partial charge on any atom is 0.420 e. The Morgan fingerprint density at radius 2 is 1.46 bits per heavy atom. The summed E-state index contributed by atoms with van der Waals surface area (Å²) in [5, 5.41) is 0.766. The van der Waals surface area contributed by atoms with Crippen molar-refractivity contribution >= 4 is 16.1 Å². The fourth-order valence-electron chi connectivity index (χ4n) is 1.91. The van der Waals surface area contributed by atoms with Crippen molar-refractivity contribution in [1.29, 1.82) is 0 Å². The van der Waals surface area contributed by atoms with Crippen LogP contribution in [-0.4, -0.2) is 32.3 Å². The van der Waals surface area contributed by atoms with Gasteiger partial charge in [0.25, 0.3) is 10.0 Å². The molecule has 0 fully saturated rings. The van der Waals surface area contributed by atoms with Gasteiger partial charge in [-0.15, -0.1) is 4.83 Å². The van der Waals surface area contributed by atoms with Gasteiger partial charge in [-0.25, -0.2) is 13.2 Å². The number of hydrogen-bond acceptors (Lipinski definition) is 3. The fraction of sp³-hybridized carbons (Fsp3) is 0.462. The first-order valence-corrected chi connectivity index (χ1v) is 8.44. The molecule has 3 N–H and O–H groups in total. The molecule has 0 atom stereocenters. The molecule has 1 aromatic rings. The highest BCUT2D eigenvalue weighted by Crippen LogP contribution is 2.45. The summed E-state index contributed by atoms with van der Waals surface area (Å²) in [7, 11) is -4.39. The second-order valence-corrected chi connectivity index (χ2v) is 6.93. The van der Waals surface area contributed by atoms with Crippen LogP contribution in [0.3, 0.4) is 0 Å². The minimum absolute atomic E-state index is 0.350. The topological polar surface area (TPSA) is 87.3 Å². The van der Waals surface area contributed by atoms with E-state index in [0.717, 1.165) is 17.4 Å². The van der Waals surface area contributed by atoms with E-state index in [2.05, 4.69) is 0 Å². The number of hydrogen-bond donors (Lipinski definition) is 3. The molecular formula is C13H15F6N3O3S. The Bertz CT molecular complexity index is 730. The molecule has 1 rings (SSSR count). The van der Waals surface area contributed by atoms with Crippen LogP contribution in [0.25, 0.3) is 0 Å². The van der Waals surface area contributed by atoms with Crippen molar-refractivity contribution in [3.8, 4) is 0 Å². The smallest absolute Gasteiger partial charge is 0.315 e. The Balaban J connectivity index is 2.95. The largest absolute Gasteiger partial charge is 0.420 e. The van der Waals surface area contributed by atoms with E-state index >= 15 is 0 Å². The van der Waals surface area contributed by atoms with E-state index in [0.29, 0.717) is 12.5 Å². The summed E-state index contributed by atoms with van der Waals surface area (Å²) >= 11 is 0. The third kappa shape index (κ3) is 4.58. The number of hydrazine groups is 1. The number of rotatable bonds is 5. The van der Waals surface area contributed by atoms with Gasteiger partial charge in [-0.1, -0.05) is 24.6 Å². The van der Waals surface area contributed by atoms with Crippen molar-refractivity contribution in [3.05, 3.63) is 29.8 Å². The van der Waals surface area contributed by atoms with Gasteiger partial charge in [-0.3, -0.25) is 5.43 Å². The summed E-state index contributed by atoms with van der Waals surface area (Å²) in [6.07, 6.45) is -13.3. The number of nitrogens with one attached hydrogen (secondary N) is 3. The summed E-state index contributed by atoms with van der Waals surface area (Å²) < 4.78 is 101. The van der Waals surface area contributed by atoms with Crippen molar-refractivity contribution in [2.45, 2.75) is 43.1 Å². The summed E-state index contributed by atoms with van der Waals surface area (Å²) in [5.74, 6) is 0. The van der Waals surface area contributed by atoms with E-state index < -0.39 is 40.4 Å². The second kappa shape index (κ2) is 7.31. The van der Waals surface area contributed by atoms with Crippen LogP contribution in [0, 0.1) is 6.92 Å². The number of halogens is 6. The molecule has 0 spiro atoms. The highest BCUT2D eigenvalue weighted by molar-refractivity contribution is 7.89. The average molecular weight is 407 g/mol. The molecule has 148 valence electrons. The Morgan fingerprint density at radius 3 is 1.85 bits per heavy atom. The number of carbonyl (C=O) groups is 1. The number of amides is 2. The molecule has 0 aliphatic rings. The zero-order valence-corrected chi connectivity index (χ0v) is 14.2. The van der Waals surface area contributed by atoms with Gasteiger partial charge in [-0.2, -0.15) is 26.3 Å². The van der Waals surface area contributed by atoms with Gasteiger partial charge in [0.05, 0.1) is 4.90 Å². The maximum atomic E-state index is 12.9. The highest BCUT2D eigenvalue weighted by atomic mass is 32.2. The molecule has 0 aliphatic carbocycles. The van der Waals surface area contributed by atoms with Crippen molar-refractivity contribution < 1.29 is 39.6 Å². The molecule has 13 heteroatoms. The van der Waals surface area contributed by atoms with E-state index in [1.807, 2.05) is 0 Å². The summed E-state index contributed by atoms with van der Waals surface area (Å²) in [6, 6.07) is 3.07. The van der Waals surface area contributed by atoms with Crippen LogP contribution in [0.1, 0.15) is 18.9 Å². The van der Waals surface area contributed by atoms with Crippen LogP contribution in [0.5, 0.6) is 0 Å². The minimum atomic E-state index is -5.85. The number of aryl methyl sites for hydroxylation is 1. The van der Waals surface area contributed by atoms with Crippen LogP contribution < -0.4 is 15.6 Å². The average Bonchev–Trinajstić information content (AvgIpc) is 2.48. The molecule has 0 saturated heterocycles. The Hall–Kier alpha value is -2.02. The monoisotopic (exact) mass is 407 g/mol. The van der Waals surface area contributed by atoms with E-state index in [1.54, 1.807) is 6.92 Å². The lowest BCUT2D eigenvalue weighted by Gasteiger charge is -2.36. The van der Waals surface area contributed by atoms with E-state index in [1.165, 1.54) is 22.4 Å². The molecule has 0 aliphatic heterocycles.